The van der Waals surface area contributed by atoms with Crippen molar-refractivity contribution in [3.63, 3.8) is 0 Å². The lowest BCUT2D eigenvalue weighted by Crippen LogP contribution is -2.45. The van der Waals surface area contributed by atoms with Gasteiger partial charge in [0, 0.05) is 36.3 Å². The Balaban J connectivity index is 1.63. The van der Waals surface area contributed by atoms with Crippen molar-refractivity contribution in [3.8, 4) is 0 Å². The van der Waals surface area contributed by atoms with Gasteiger partial charge >= 0.3 is 6.03 Å². The van der Waals surface area contributed by atoms with Gasteiger partial charge in [-0.3, -0.25) is 9.59 Å². The first kappa shape index (κ1) is 24.0. The molecule has 1 unspecified atom stereocenters. The van der Waals surface area contributed by atoms with E-state index in [2.05, 4.69) is 20.9 Å². The van der Waals surface area contributed by atoms with E-state index in [1.165, 1.54) is 11.3 Å². The van der Waals surface area contributed by atoms with Crippen LogP contribution in [-0.4, -0.2) is 60.6 Å². The number of benzene rings is 1. The minimum absolute atomic E-state index is 0.172. The molecule has 2 aromatic rings. The minimum atomic E-state index is -0.558. The van der Waals surface area contributed by atoms with E-state index in [9.17, 15) is 14.4 Å². The predicted molar refractivity (Wildman–Crippen MR) is 123 cm³/mol. The Hall–Kier alpha value is -2.69. The van der Waals surface area contributed by atoms with Crippen LogP contribution in [0.2, 0.25) is 5.02 Å². The summed E-state index contributed by atoms with van der Waals surface area (Å²) in [6.07, 6.45) is 2.36. The Morgan fingerprint density at radius 3 is 3.00 bits per heavy atom. The number of nitrogens with one attached hydrogen (secondary N) is 3. The number of hydrogen-bond donors (Lipinski definition) is 3. The zero-order chi connectivity index (χ0) is 22.9. The molecule has 1 aliphatic rings. The van der Waals surface area contributed by atoms with E-state index in [-0.39, 0.29) is 24.2 Å². The van der Waals surface area contributed by atoms with Gasteiger partial charge in [0.15, 0.2) is 0 Å². The van der Waals surface area contributed by atoms with E-state index < -0.39 is 11.9 Å². The van der Waals surface area contributed by atoms with Crippen LogP contribution in [0.3, 0.4) is 0 Å². The molecule has 2 heterocycles. The molecule has 0 saturated carbocycles. The number of carbonyl (C=O) groups excluding carboxylic acids is 3. The number of aromatic nitrogens is 1. The van der Waals surface area contributed by atoms with Crippen molar-refractivity contribution < 1.29 is 19.1 Å². The average Bonchev–Trinajstić information content (AvgIpc) is 3.15. The molecule has 0 radical (unpaired) electrons. The Morgan fingerprint density at radius 2 is 2.22 bits per heavy atom. The first-order chi connectivity index (χ1) is 15.5. The number of halogens is 1. The molecule has 1 saturated heterocycles. The van der Waals surface area contributed by atoms with E-state index in [1.54, 1.807) is 41.7 Å². The molecular weight excluding hydrogens is 454 g/mol. The van der Waals surface area contributed by atoms with Gasteiger partial charge in [0.05, 0.1) is 13.2 Å². The fraction of sp³-hybridized carbons (Fsp3) is 0.429. The minimum Gasteiger partial charge on any atom is -0.383 e. The van der Waals surface area contributed by atoms with Crippen LogP contribution in [0.1, 0.15) is 34.8 Å². The number of thiazole rings is 1. The smallest absolute Gasteiger partial charge is 0.322 e. The standard InChI is InChI=1S/C21H26ClN5O4S/c1-31-10-9-27(21(30)24-15-6-4-5-14(22)11-15)12-18-25-17(13-32-18)20(29)26-16-7-2-3-8-23-19(16)28/h4-6,11,13,16H,2-3,7-10,12H2,1H3,(H,23,28)(H,24,30)(H,26,29). The molecule has 1 aromatic heterocycles. The quantitative estimate of drug-likeness (QED) is 0.539. The lowest BCUT2D eigenvalue weighted by atomic mass is 10.1. The van der Waals surface area contributed by atoms with Crippen molar-refractivity contribution >= 4 is 46.5 Å². The number of nitrogens with zero attached hydrogens (tertiary/aromatic N) is 2. The van der Waals surface area contributed by atoms with Crippen LogP contribution in [0, 0.1) is 0 Å². The maximum Gasteiger partial charge on any atom is 0.322 e. The van der Waals surface area contributed by atoms with E-state index in [1.807, 2.05) is 0 Å². The van der Waals surface area contributed by atoms with Gasteiger partial charge in [-0.1, -0.05) is 17.7 Å². The van der Waals surface area contributed by atoms with Gasteiger partial charge in [-0.25, -0.2) is 9.78 Å². The molecule has 0 aliphatic carbocycles. The van der Waals surface area contributed by atoms with Crippen molar-refractivity contribution in [2.45, 2.75) is 31.8 Å². The van der Waals surface area contributed by atoms with Crippen LogP contribution in [0.5, 0.6) is 0 Å². The van der Waals surface area contributed by atoms with Gasteiger partial charge in [0.2, 0.25) is 5.91 Å². The van der Waals surface area contributed by atoms with Gasteiger partial charge in [0.25, 0.3) is 5.91 Å². The maximum atomic E-state index is 12.8. The van der Waals surface area contributed by atoms with E-state index in [0.717, 1.165) is 12.8 Å². The summed E-state index contributed by atoms with van der Waals surface area (Å²) in [7, 11) is 1.56. The largest absolute Gasteiger partial charge is 0.383 e. The van der Waals surface area contributed by atoms with Crippen LogP contribution >= 0.6 is 22.9 Å². The monoisotopic (exact) mass is 479 g/mol. The van der Waals surface area contributed by atoms with E-state index in [4.69, 9.17) is 16.3 Å². The van der Waals surface area contributed by atoms with E-state index >= 15 is 0 Å². The molecule has 32 heavy (non-hydrogen) atoms. The number of anilines is 1. The molecule has 9 nitrogen and oxygen atoms in total. The molecule has 11 heteroatoms. The topological polar surface area (TPSA) is 113 Å². The third-order valence-corrected chi connectivity index (χ3v) is 5.95. The van der Waals surface area contributed by atoms with Crippen molar-refractivity contribution in [2.24, 2.45) is 0 Å². The van der Waals surface area contributed by atoms with Crippen LogP contribution in [0.4, 0.5) is 10.5 Å². The van der Waals surface area contributed by atoms with E-state index in [0.29, 0.717) is 41.8 Å². The Bertz CT molecular complexity index is 954. The molecule has 0 bridgehead atoms. The zero-order valence-electron chi connectivity index (χ0n) is 17.7. The summed E-state index contributed by atoms with van der Waals surface area (Å²) in [5.41, 5.74) is 0.801. The van der Waals surface area contributed by atoms with Crippen molar-refractivity contribution in [1.29, 1.82) is 0 Å². The van der Waals surface area contributed by atoms with Crippen LogP contribution in [0.25, 0.3) is 0 Å². The number of rotatable bonds is 8. The van der Waals surface area contributed by atoms with Crippen LogP contribution in [0.15, 0.2) is 29.6 Å². The molecule has 1 aromatic carbocycles. The summed E-state index contributed by atoms with van der Waals surface area (Å²) >= 11 is 7.26. The molecule has 1 aliphatic heterocycles. The molecule has 4 amide bonds. The molecular formula is C21H26ClN5O4S. The summed E-state index contributed by atoms with van der Waals surface area (Å²) in [6.45, 7) is 1.52. The SMILES string of the molecule is COCCN(Cc1nc(C(=O)NC2CCCCNC2=O)cs1)C(=O)Nc1cccc(Cl)c1. The maximum absolute atomic E-state index is 12.8. The summed E-state index contributed by atoms with van der Waals surface area (Å²) in [5, 5.41) is 11.1. The highest BCUT2D eigenvalue weighted by Gasteiger charge is 2.24. The summed E-state index contributed by atoms with van der Waals surface area (Å²) in [5.74, 6) is -0.573. The Labute approximate surface area is 195 Å². The fourth-order valence-electron chi connectivity index (χ4n) is 3.18. The average molecular weight is 480 g/mol. The lowest BCUT2D eigenvalue weighted by Gasteiger charge is -2.22. The molecule has 0 spiro atoms. The molecule has 1 fully saturated rings. The second-order valence-corrected chi connectivity index (χ2v) is 8.67. The van der Waals surface area contributed by atoms with Crippen LogP contribution in [-0.2, 0) is 16.1 Å². The highest BCUT2D eigenvalue weighted by molar-refractivity contribution is 7.09. The first-order valence-electron chi connectivity index (χ1n) is 10.3. The molecule has 3 rings (SSSR count). The highest BCUT2D eigenvalue weighted by Crippen LogP contribution is 2.17. The number of hydrogen-bond acceptors (Lipinski definition) is 6. The van der Waals surface area contributed by atoms with Crippen molar-refractivity contribution in [3.05, 3.63) is 45.4 Å². The Kier molecular flexibility index (Phi) is 8.83. The second kappa shape index (κ2) is 11.8. The number of carbonyl (C=O) groups is 3. The molecule has 3 N–H and O–H groups in total. The van der Waals surface area contributed by atoms with Crippen molar-refractivity contribution in [2.75, 3.05) is 32.1 Å². The normalized spacial score (nSPS) is 16.1. The van der Waals surface area contributed by atoms with Crippen molar-refractivity contribution in [1.82, 2.24) is 20.5 Å². The van der Waals surface area contributed by atoms with Gasteiger partial charge in [0.1, 0.15) is 16.7 Å². The summed E-state index contributed by atoms with van der Waals surface area (Å²) < 4.78 is 5.12. The zero-order valence-corrected chi connectivity index (χ0v) is 19.3. The highest BCUT2D eigenvalue weighted by atomic mass is 35.5. The van der Waals surface area contributed by atoms with Crippen LogP contribution < -0.4 is 16.0 Å². The number of ether oxygens (including phenoxy) is 1. The van der Waals surface area contributed by atoms with Gasteiger partial charge < -0.3 is 25.6 Å². The third-order valence-electron chi connectivity index (χ3n) is 4.88. The second-order valence-electron chi connectivity index (χ2n) is 7.29. The van der Waals surface area contributed by atoms with Gasteiger partial charge in [-0.05, 0) is 37.5 Å². The van der Waals surface area contributed by atoms with Gasteiger partial charge in [-0.15, -0.1) is 11.3 Å². The number of amides is 4. The molecule has 1 atom stereocenters. The molecule has 172 valence electrons. The number of methoxy groups -OCH3 is 1. The summed E-state index contributed by atoms with van der Waals surface area (Å²) in [6, 6.07) is 5.98. The third kappa shape index (κ3) is 6.91. The fourth-order valence-corrected chi connectivity index (χ4v) is 4.16. The summed E-state index contributed by atoms with van der Waals surface area (Å²) in [4.78, 5) is 43.3. The van der Waals surface area contributed by atoms with Gasteiger partial charge in [-0.2, -0.15) is 0 Å². The lowest BCUT2D eigenvalue weighted by molar-refractivity contribution is -0.122. The first-order valence-corrected chi connectivity index (χ1v) is 11.6. The Morgan fingerprint density at radius 1 is 1.38 bits per heavy atom. The predicted octanol–water partition coefficient (Wildman–Crippen LogP) is 2.88. The number of urea groups is 1.